The lowest BCUT2D eigenvalue weighted by Crippen LogP contribution is -2.26. The van der Waals surface area contributed by atoms with Gasteiger partial charge in [-0.15, -0.1) is 0 Å². The van der Waals surface area contributed by atoms with Gasteiger partial charge in [0, 0.05) is 5.92 Å². The molecule has 0 amide bonds. The van der Waals surface area contributed by atoms with Crippen LogP contribution in [0.3, 0.4) is 0 Å². The molecule has 174 valence electrons. The van der Waals surface area contributed by atoms with Crippen LogP contribution in [-0.4, -0.2) is 13.2 Å². The Morgan fingerprint density at radius 3 is 1.91 bits per heavy atom. The molecule has 0 saturated carbocycles. The molecule has 1 aliphatic rings. The molecule has 3 aromatic carbocycles. The van der Waals surface area contributed by atoms with Crippen molar-refractivity contribution in [2.24, 2.45) is 5.92 Å². The first-order valence-corrected chi connectivity index (χ1v) is 10.1. The van der Waals surface area contributed by atoms with Crippen LogP contribution < -0.4 is 4.74 Å². The average Bonchev–Trinajstić information content (AvgIpc) is 2.77. The lowest BCUT2D eigenvalue weighted by Gasteiger charge is -2.29. The van der Waals surface area contributed by atoms with Gasteiger partial charge in [0.05, 0.1) is 24.9 Å². The molecule has 0 aromatic heterocycles. The van der Waals surface area contributed by atoms with Gasteiger partial charge in [0.25, 0.3) is 0 Å². The molecule has 4 rings (SSSR count). The fraction of sp³-hybridized carbons (Fsp3) is 0.250. The molecule has 1 heterocycles. The van der Waals surface area contributed by atoms with Crippen molar-refractivity contribution in [2.75, 3.05) is 13.2 Å². The molecule has 0 spiro atoms. The Morgan fingerprint density at radius 2 is 1.36 bits per heavy atom. The van der Waals surface area contributed by atoms with Crippen LogP contribution in [0.4, 0.5) is 30.7 Å². The fourth-order valence-corrected chi connectivity index (χ4v) is 3.78. The summed E-state index contributed by atoms with van der Waals surface area (Å²) in [5.41, 5.74) is -0.989. The van der Waals surface area contributed by atoms with Crippen molar-refractivity contribution in [1.29, 1.82) is 0 Å². The van der Waals surface area contributed by atoms with E-state index in [1.165, 1.54) is 6.07 Å². The highest BCUT2D eigenvalue weighted by molar-refractivity contribution is 5.65. The highest BCUT2D eigenvalue weighted by Crippen LogP contribution is 2.36. The van der Waals surface area contributed by atoms with E-state index in [0.717, 1.165) is 24.3 Å². The summed E-state index contributed by atoms with van der Waals surface area (Å²) in [7, 11) is 0. The summed E-state index contributed by atoms with van der Waals surface area (Å²) >= 11 is 0. The molecule has 1 aliphatic heterocycles. The summed E-state index contributed by atoms with van der Waals surface area (Å²) in [4.78, 5) is 0. The van der Waals surface area contributed by atoms with Crippen LogP contribution in [0.5, 0.6) is 5.75 Å². The van der Waals surface area contributed by atoms with Crippen LogP contribution in [0.1, 0.15) is 24.5 Å². The third-order valence-corrected chi connectivity index (χ3v) is 5.46. The fourth-order valence-electron chi connectivity index (χ4n) is 3.78. The summed E-state index contributed by atoms with van der Waals surface area (Å²) in [5.74, 6) is -9.35. The van der Waals surface area contributed by atoms with Gasteiger partial charge >= 0.3 is 0 Å². The molecular formula is C24H17F7O2. The molecule has 33 heavy (non-hydrogen) atoms. The first-order valence-electron chi connectivity index (χ1n) is 10.1. The number of hydrogen-bond acceptors (Lipinski definition) is 2. The monoisotopic (exact) mass is 470 g/mol. The topological polar surface area (TPSA) is 18.5 Å². The molecular weight excluding hydrogens is 453 g/mol. The molecule has 2 atom stereocenters. The molecule has 1 fully saturated rings. The van der Waals surface area contributed by atoms with Crippen LogP contribution in [-0.2, 0) is 4.74 Å². The summed E-state index contributed by atoms with van der Waals surface area (Å²) in [6, 6.07) is 6.39. The van der Waals surface area contributed by atoms with Crippen molar-refractivity contribution in [3.05, 3.63) is 88.7 Å². The van der Waals surface area contributed by atoms with Gasteiger partial charge in [-0.05, 0) is 60.4 Å². The van der Waals surface area contributed by atoms with Gasteiger partial charge in [-0.25, -0.2) is 30.7 Å². The summed E-state index contributed by atoms with van der Waals surface area (Å²) in [6.45, 7) is 0.119. The average molecular weight is 470 g/mol. The van der Waals surface area contributed by atoms with E-state index in [0.29, 0.717) is 25.0 Å². The highest BCUT2D eigenvalue weighted by atomic mass is 19.2. The second kappa shape index (κ2) is 9.43. The number of rotatable bonds is 5. The van der Waals surface area contributed by atoms with Gasteiger partial charge in [-0.1, -0.05) is 6.07 Å². The Bertz CT molecular complexity index is 1110. The predicted molar refractivity (Wildman–Crippen MR) is 105 cm³/mol. The van der Waals surface area contributed by atoms with Crippen LogP contribution >= 0.6 is 0 Å². The maximum Gasteiger partial charge on any atom is 0.194 e. The third kappa shape index (κ3) is 4.83. The van der Waals surface area contributed by atoms with Crippen molar-refractivity contribution in [1.82, 2.24) is 0 Å². The first kappa shape index (κ1) is 23.1. The Morgan fingerprint density at radius 1 is 0.758 bits per heavy atom. The lowest BCUT2D eigenvalue weighted by molar-refractivity contribution is -0.0294. The van der Waals surface area contributed by atoms with Gasteiger partial charge in [0.2, 0.25) is 0 Å². The van der Waals surface area contributed by atoms with Gasteiger partial charge in [-0.3, -0.25) is 0 Å². The second-order valence-corrected chi connectivity index (χ2v) is 7.74. The van der Waals surface area contributed by atoms with Crippen LogP contribution in [0.15, 0.2) is 42.5 Å². The van der Waals surface area contributed by atoms with E-state index < -0.39 is 63.7 Å². The number of halogens is 7. The lowest BCUT2D eigenvalue weighted by atomic mass is 9.93. The molecule has 9 heteroatoms. The minimum Gasteiger partial charge on any atom is -0.487 e. The van der Waals surface area contributed by atoms with E-state index in [9.17, 15) is 30.7 Å². The molecule has 2 nitrogen and oxygen atoms in total. The maximum atomic E-state index is 14.7. The number of benzene rings is 3. The summed E-state index contributed by atoms with van der Waals surface area (Å²) in [5, 5.41) is 0. The van der Waals surface area contributed by atoms with Crippen LogP contribution in [0.2, 0.25) is 0 Å². The van der Waals surface area contributed by atoms with Crippen molar-refractivity contribution < 1.29 is 40.2 Å². The molecule has 0 radical (unpaired) electrons. The van der Waals surface area contributed by atoms with E-state index in [1.54, 1.807) is 0 Å². The summed E-state index contributed by atoms with van der Waals surface area (Å²) < 4.78 is 108. The van der Waals surface area contributed by atoms with E-state index in [4.69, 9.17) is 9.47 Å². The smallest absolute Gasteiger partial charge is 0.194 e. The number of hydrogen-bond donors (Lipinski definition) is 0. The number of ether oxygens (including phenoxy) is 2. The zero-order valence-electron chi connectivity index (χ0n) is 17.0. The molecule has 0 aliphatic carbocycles. The maximum absolute atomic E-state index is 14.7. The molecule has 3 aromatic rings. The van der Waals surface area contributed by atoms with Gasteiger partial charge in [0.15, 0.2) is 34.8 Å². The predicted octanol–water partition coefficient (Wildman–Crippen LogP) is 6.87. The Hall–Kier alpha value is -3.07. The molecule has 0 N–H and O–H groups in total. The Labute approximate surface area is 184 Å². The Balaban J connectivity index is 1.44. The van der Waals surface area contributed by atoms with E-state index in [2.05, 4.69) is 0 Å². The largest absolute Gasteiger partial charge is 0.487 e. The third-order valence-electron chi connectivity index (χ3n) is 5.46. The van der Waals surface area contributed by atoms with Gasteiger partial charge < -0.3 is 9.47 Å². The van der Waals surface area contributed by atoms with Crippen LogP contribution in [0.25, 0.3) is 11.1 Å². The number of para-hydroxylation sites is 1. The van der Waals surface area contributed by atoms with E-state index in [-0.39, 0.29) is 24.7 Å². The molecule has 1 saturated heterocycles. The molecule has 0 bridgehead atoms. The van der Waals surface area contributed by atoms with Gasteiger partial charge in [-0.2, -0.15) is 0 Å². The zero-order valence-corrected chi connectivity index (χ0v) is 17.0. The SMILES string of the molecule is Fc1cc(-c2c(F)cc(C3CCC(COc4c(F)cccc4F)CO3)cc2F)cc(F)c1F. The van der Waals surface area contributed by atoms with Crippen LogP contribution in [0, 0.1) is 46.6 Å². The van der Waals surface area contributed by atoms with Crippen molar-refractivity contribution in [3.63, 3.8) is 0 Å². The highest BCUT2D eigenvalue weighted by Gasteiger charge is 2.27. The minimum absolute atomic E-state index is 0.00602. The zero-order chi connectivity index (χ0) is 23.7. The first-order chi connectivity index (χ1) is 15.7. The second-order valence-electron chi connectivity index (χ2n) is 7.74. The van der Waals surface area contributed by atoms with Crippen molar-refractivity contribution in [2.45, 2.75) is 18.9 Å². The van der Waals surface area contributed by atoms with E-state index >= 15 is 0 Å². The standard InChI is InChI=1S/C24H17F7O2/c25-15-2-1-3-16(26)24(15)33-11-12-4-5-21(32-10-12)13-6-17(27)22(18(28)7-13)14-8-19(29)23(31)20(30)9-14/h1-3,6-9,12,21H,4-5,10-11H2. The van der Waals surface area contributed by atoms with E-state index in [1.807, 2.05) is 0 Å². The normalized spacial score (nSPS) is 18.4. The summed E-state index contributed by atoms with van der Waals surface area (Å²) in [6.07, 6.45) is 0.192. The van der Waals surface area contributed by atoms with Gasteiger partial charge in [0.1, 0.15) is 11.6 Å². The van der Waals surface area contributed by atoms with Crippen molar-refractivity contribution in [3.8, 4) is 16.9 Å². The minimum atomic E-state index is -1.73. The van der Waals surface area contributed by atoms with Crippen molar-refractivity contribution >= 4 is 0 Å². The quantitative estimate of drug-likeness (QED) is 0.299. The molecule has 2 unspecified atom stereocenters. The Kier molecular flexibility index (Phi) is 6.60.